The third kappa shape index (κ3) is 8.01. The maximum Gasteiger partial charge on any atom is 0.416 e. The smallest absolute Gasteiger partial charge is 0.416 e. The highest BCUT2D eigenvalue weighted by Crippen LogP contribution is 2.37. The fourth-order valence-electron chi connectivity index (χ4n) is 1.84. The number of esters is 2. The van der Waals surface area contributed by atoms with E-state index in [9.17, 15) is 27.3 Å². The molecule has 1 aromatic carbocycles. The van der Waals surface area contributed by atoms with Crippen molar-refractivity contribution in [1.82, 2.24) is 0 Å². The Hall–Kier alpha value is -1.86. The Balaban J connectivity index is 2.69. The number of benzene rings is 1. The minimum absolute atomic E-state index is 0.0134. The van der Waals surface area contributed by atoms with E-state index in [1.165, 1.54) is 13.3 Å². The largest absolute Gasteiger partial charge is 0.462 e. The van der Waals surface area contributed by atoms with Crippen molar-refractivity contribution in [2.24, 2.45) is 0 Å². The van der Waals surface area contributed by atoms with Crippen molar-refractivity contribution in [2.75, 3.05) is 26.5 Å². The average Bonchev–Trinajstić information content (AvgIpc) is 2.47. The summed E-state index contributed by atoms with van der Waals surface area (Å²) in [4.78, 5) is 23.1. The highest BCUT2D eigenvalue weighted by atomic mass is 31.2. The predicted molar refractivity (Wildman–Crippen MR) is 87.7 cm³/mol. The van der Waals surface area contributed by atoms with Crippen molar-refractivity contribution in [1.29, 1.82) is 0 Å². The maximum absolute atomic E-state index is 12.8. The number of hydrogen-bond donors (Lipinski definition) is 0. The molecule has 6 nitrogen and oxygen atoms in total. The summed E-state index contributed by atoms with van der Waals surface area (Å²) in [6, 6.07) is 2.18. The van der Waals surface area contributed by atoms with Gasteiger partial charge in [0.25, 0.3) is 0 Å². The van der Waals surface area contributed by atoms with Crippen LogP contribution < -0.4 is 4.74 Å². The van der Waals surface area contributed by atoms with E-state index in [1.807, 2.05) is 0 Å². The summed E-state index contributed by atoms with van der Waals surface area (Å²) in [5, 5.41) is 0. The Kier molecular flexibility index (Phi) is 7.84. The van der Waals surface area contributed by atoms with Gasteiger partial charge in [-0.05, 0) is 31.0 Å². The molecule has 0 fully saturated rings. The van der Waals surface area contributed by atoms with Crippen molar-refractivity contribution in [3.8, 4) is 5.75 Å². The summed E-state index contributed by atoms with van der Waals surface area (Å²) in [7, 11) is -2.57. The van der Waals surface area contributed by atoms with Crippen LogP contribution in [0.2, 0.25) is 0 Å². The van der Waals surface area contributed by atoms with Crippen LogP contribution >= 0.6 is 7.37 Å². The molecule has 0 aliphatic carbocycles. The second kappa shape index (κ2) is 9.19. The van der Waals surface area contributed by atoms with Gasteiger partial charge >= 0.3 is 18.1 Å². The van der Waals surface area contributed by atoms with Gasteiger partial charge in [-0.2, -0.15) is 13.2 Å². The number of rotatable bonds is 8. The third-order valence-corrected chi connectivity index (χ3v) is 3.76. The standard InChI is InChI=1S/C16H20F3O6P/c1-11(20)25-14-10-12(16(17,18)19)6-7-13(14)15(21)23-8-4-5-9-24-26(2,3)22/h6-7,10H,4-5,8-9H2,1-3H3. The molecule has 0 unspecified atom stereocenters. The lowest BCUT2D eigenvalue weighted by molar-refractivity contribution is -0.138. The molecule has 0 spiro atoms. The summed E-state index contributed by atoms with van der Waals surface area (Å²) in [6.45, 7) is 4.19. The van der Waals surface area contributed by atoms with Crippen molar-refractivity contribution in [3.05, 3.63) is 29.3 Å². The number of unbranched alkanes of at least 4 members (excludes halogenated alkanes) is 1. The monoisotopic (exact) mass is 396 g/mol. The lowest BCUT2D eigenvalue weighted by atomic mass is 10.1. The van der Waals surface area contributed by atoms with Gasteiger partial charge in [0.15, 0.2) is 7.37 Å². The van der Waals surface area contributed by atoms with Crippen LogP contribution in [-0.2, 0) is 24.8 Å². The first-order valence-corrected chi connectivity index (χ1v) is 10.2. The Labute approximate surface area is 149 Å². The molecular formula is C16H20F3O6P. The highest BCUT2D eigenvalue weighted by molar-refractivity contribution is 7.57. The Morgan fingerprint density at radius 2 is 1.73 bits per heavy atom. The fourth-order valence-corrected chi connectivity index (χ4v) is 2.41. The molecule has 0 saturated heterocycles. The topological polar surface area (TPSA) is 78.9 Å². The molecule has 0 atom stereocenters. The molecule has 0 saturated carbocycles. The molecule has 10 heteroatoms. The van der Waals surface area contributed by atoms with E-state index in [0.29, 0.717) is 25.0 Å². The SMILES string of the molecule is CC(=O)Oc1cc(C(F)(F)F)ccc1C(=O)OCCCCOP(C)(C)=O. The van der Waals surface area contributed by atoms with Crippen molar-refractivity contribution in [3.63, 3.8) is 0 Å². The molecule has 0 aromatic heterocycles. The third-order valence-electron chi connectivity index (χ3n) is 2.96. The molecule has 0 heterocycles. The zero-order valence-corrected chi connectivity index (χ0v) is 15.5. The first-order chi connectivity index (χ1) is 11.9. The van der Waals surface area contributed by atoms with Gasteiger partial charge in [0, 0.05) is 20.3 Å². The molecular weight excluding hydrogens is 376 g/mol. The zero-order chi connectivity index (χ0) is 20.0. The number of carbonyl (C=O) groups is 2. The van der Waals surface area contributed by atoms with Crippen LogP contribution in [0.4, 0.5) is 13.2 Å². The van der Waals surface area contributed by atoms with Gasteiger partial charge in [-0.25, -0.2) is 4.79 Å². The quantitative estimate of drug-likeness (QED) is 0.285. The molecule has 1 rings (SSSR count). The Morgan fingerprint density at radius 3 is 2.27 bits per heavy atom. The zero-order valence-electron chi connectivity index (χ0n) is 14.6. The lowest BCUT2D eigenvalue weighted by Crippen LogP contribution is -2.13. The lowest BCUT2D eigenvalue weighted by Gasteiger charge is -2.13. The van der Waals surface area contributed by atoms with Crippen LogP contribution in [0.5, 0.6) is 5.75 Å². The summed E-state index contributed by atoms with van der Waals surface area (Å²) < 4.78 is 64.3. The van der Waals surface area contributed by atoms with Gasteiger partial charge in [-0.15, -0.1) is 0 Å². The molecule has 146 valence electrons. The van der Waals surface area contributed by atoms with E-state index in [2.05, 4.69) is 0 Å². The Bertz CT molecular complexity index is 696. The number of carbonyl (C=O) groups excluding carboxylic acids is 2. The van der Waals surface area contributed by atoms with E-state index >= 15 is 0 Å². The number of ether oxygens (including phenoxy) is 2. The van der Waals surface area contributed by atoms with Gasteiger partial charge in [0.1, 0.15) is 11.3 Å². The second-order valence-electron chi connectivity index (χ2n) is 5.73. The van der Waals surface area contributed by atoms with Gasteiger partial charge in [0.05, 0.1) is 18.8 Å². The molecule has 0 radical (unpaired) electrons. The van der Waals surface area contributed by atoms with Crippen molar-refractivity contribution >= 4 is 19.3 Å². The normalized spacial score (nSPS) is 11.9. The van der Waals surface area contributed by atoms with Gasteiger partial charge in [0.2, 0.25) is 0 Å². The minimum Gasteiger partial charge on any atom is -0.462 e. The number of alkyl halides is 3. The van der Waals surface area contributed by atoms with Crippen LogP contribution in [-0.4, -0.2) is 38.5 Å². The maximum atomic E-state index is 12.8. The molecule has 0 aliphatic rings. The summed E-state index contributed by atoms with van der Waals surface area (Å²) in [6.07, 6.45) is -3.74. The summed E-state index contributed by atoms with van der Waals surface area (Å²) in [5.41, 5.74) is -1.33. The number of hydrogen-bond acceptors (Lipinski definition) is 6. The Morgan fingerprint density at radius 1 is 1.12 bits per heavy atom. The highest BCUT2D eigenvalue weighted by Gasteiger charge is 2.32. The first kappa shape index (κ1) is 22.2. The van der Waals surface area contributed by atoms with Crippen LogP contribution in [0.3, 0.4) is 0 Å². The van der Waals surface area contributed by atoms with E-state index in [1.54, 1.807) is 0 Å². The van der Waals surface area contributed by atoms with Crippen LogP contribution in [0, 0.1) is 0 Å². The van der Waals surface area contributed by atoms with Gasteiger partial charge in [-0.1, -0.05) is 0 Å². The molecule has 1 aromatic rings. The first-order valence-electron chi connectivity index (χ1n) is 7.66. The average molecular weight is 396 g/mol. The number of halogens is 3. The van der Waals surface area contributed by atoms with E-state index < -0.39 is 36.8 Å². The van der Waals surface area contributed by atoms with Crippen LogP contribution in [0.25, 0.3) is 0 Å². The summed E-state index contributed by atoms with van der Waals surface area (Å²) >= 11 is 0. The molecule has 0 aliphatic heterocycles. The van der Waals surface area contributed by atoms with E-state index in [-0.39, 0.29) is 18.8 Å². The summed E-state index contributed by atoms with van der Waals surface area (Å²) in [5.74, 6) is -2.29. The minimum atomic E-state index is -4.64. The van der Waals surface area contributed by atoms with E-state index in [4.69, 9.17) is 14.0 Å². The molecule has 0 N–H and O–H groups in total. The van der Waals surface area contributed by atoms with Crippen LogP contribution in [0.15, 0.2) is 18.2 Å². The van der Waals surface area contributed by atoms with Gasteiger partial charge < -0.3 is 14.0 Å². The van der Waals surface area contributed by atoms with Gasteiger partial charge in [-0.3, -0.25) is 9.36 Å². The molecule has 0 amide bonds. The van der Waals surface area contributed by atoms with Crippen LogP contribution in [0.1, 0.15) is 35.7 Å². The fraction of sp³-hybridized carbons (Fsp3) is 0.500. The second-order valence-corrected chi connectivity index (χ2v) is 8.49. The van der Waals surface area contributed by atoms with Crippen molar-refractivity contribution in [2.45, 2.75) is 25.9 Å². The predicted octanol–water partition coefficient (Wildman–Crippen LogP) is 4.12. The van der Waals surface area contributed by atoms with E-state index in [0.717, 1.165) is 13.0 Å². The van der Waals surface area contributed by atoms with Crippen molar-refractivity contribution < 1.29 is 41.3 Å². The molecule has 0 bridgehead atoms. The molecule has 26 heavy (non-hydrogen) atoms.